The molecule has 1 aliphatic heterocycles. The monoisotopic (exact) mass is 329 g/mol. The maximum absolute atomic E-state index is 11.8. The predicted molar refractivity (Wildman–Crippen MR) is 73.8 cm³/mol. The van der Waals surface area contributed by atoms with Gasteiger partial charge in [0, 0.05) is 29.8 Å². The average Bonchev–Trinajstić information content (AvgIpc) is 3.02. The number of hydrogen-bond donors (Lipinski definition) is 1. The zero-order valence-corrected chi connectivity index (χ0v) is 12.0. The van der Waals surface area contributed by atoms with Crippen LogP contribution in [-0.2, 0) is 4.79 Å². The van der Waals surface area contributed by atoms with Crippen molar-refractivity contribution in [2.45, 2.75) is 18.9 Å². The minimum Gasteiger partial charge on any atom is -0.354 e. The Balaban J connectivity index is 1.59. The van der Waals surface area contributed by atoms with Crippen LogP contribution in [0.25, 0.3) is 0 Å². The third-order valence-corrected chi connectivity index (χ3v) is 3.98. The molecule has 1 aromatic heterocycles. The lowest BCUT2D eigenvalue weighted by Crippen LogP contribution is -2.54. The van der Waals surface area contributed by atoms with Gasteiger partial charge in [0.25, 0.3) is 0 Å². The van der Waals surface area contributed by atoms with Gasteiger partial charge in [-0.25, -0.2) is 4.98 Å². The van der Waals surface area contributed by atoms with E-state index in [9.17, 15) is 4.79 Å². The molecule has 4 nitrogen and oxygen atoms in total. The molecule has 0 unspecified atom stereocenters. The minimum absolute atomic E-state index is 0.0760. The number of pyridine rings is 1. The molecule has 1 N–H and O–H groups in total. The number of nitrogens with one attached hydrogen (secondary N) is 1. The normalized spacial score (nSPS) is 19.6. The van der Waals surface area contributed by atoms with Crippen LogP contribution >= 0.6 is 27.5 Å². The molecule has 6 heteroatoms. The number of carbonyl (C=O) groups excluding carboxylic acids is 1. The number of anilines is 1. The van der Waals surface area contributed by atoms with Crippen LogP contribution in [0.4, 0.5) is 5.82 Å². The van der Waals surface area contributed by atoms with Crippen LogP contribution in [0.5, 0.6) is 0 Å². The Labute approximate surface area is 119 Å². The van der Waals surface area contributed by atoms with Gasteiger partial charge in [0.05, 0.1) is 10.9 Å². The van der Waals surface area contributed by atoms with Gasteiger partial charge in [-0.15, -0.1) is 0 Å². The van der Waals surface area contributed by atoms with E-state index in [1.54, 1.807) is 6.20 Å². The third kappa shape index (κ3) is 2.47. The second kappa shape index (κ2) is 4.70. The lowest BCUT2D eigenvalue weighted by molar-refractivity contribution is -0.125. The Bertz CT molecular complexity index is 486. The van der Waals surface area contributed by atoms with E-state index in [1.807, 2.05) is 11.0 Å². The third-order valence-electron chi connectivity index (χ3n) is 3.26. The molecular formula is C12H13BrClN3O. The molecule has 0 radical (unpaired) electrons. The number of aromatic nitrogens is 1. The van der Waals surface area contributed by atoms with Gasteiger partial charge in [0.2, 0.25) is 5.91 Å². The summed E-state index contributed by atoms with van der Waals surface area (Å²) in [6.45, 7) is 1.40. The first kappa shape index (κ1) is 12.2. The average molecular weight is 331 g/mol. The zero-order valence-electron chi connectivity index (χ0n) is 9.70. The van der Waals surface area contributed by atoms with E-state index in [1.165, 1.54) is 0 Å². The SMILES string of the molecule is O=C(NC1CC1)C1CN(c2ncc(Br)cc2Cl)C1. The molecule has 0 bridgehead atoms. The molecule has 96 valence electrons. The molecule has 2 fully saturated rings. The Morgan fingerprint density at radius 2 is 2.22 bits per heavy atom. The highest BCUT2D eigenvalue weighted by molar-refractivity contribution is 9.10. The first-order valence-corrected chi connectivity index (χ1v) is 7.17. The van der Waals surface area contributed by atoms with E-state index in [0.717, 1.165) is 23.1 Å². The van der Waals surface area contributed by atoms with Gasteiger partial charge in [0.1, 0.15) is 5.82 Å². The fourth-order valence-electron chi connectivity index (χ4n) is 2.00. The van der Waals surface area contributed by atoms with Gasteiger partial charge < -0.3 is 10.2 Å². The van der Waals surface area contributed by atoms with Crippen molar-refractivity contribution in [2.24, 2.45) is 5.92 Å². The van der Waals surface area contributed by atoms with Crippen molar-refractivity contribution >= 4 is 39.3 Å². The van der Waals surface area contributed by atoms with Crippen molar-refractivity contribution in [1.29, 1.82) is 0 Å². The molecule has 0 aromatic carbocycles. The Kier molecular flexibility index (Phi) is 3.20. The first-order chi connectivity index (χ1) is 8.63. The van der Waals surface area contributed by atoms with Crippen molar-refractivity contribution in [1.82, 2.24) is 10.3 Å². The highest BCUT2D eigenvalue weighted by atomic mass is 79.9. The molecule has 1 aromatic rings. The Morgan fingerprint density at radius 1 is 1.50 bits per heavy atom. The molecule has 1 aliphatic carbocycles. The van der Waals surface area contributed by atoms with Crippen LogP contribution in [-0.4, -0.2) is 30.0 Å². The van der Waals surface area contributed by atoms with Crippen LogP contribution < -0.4 is 10.2 Å². The van der Waals surface area contributed by atoms with Crippen LogP contribution in [0.3, 0.4) is 0 Å². The highest BCUT2D eigenvalue weighted by Gasteiger charge is 2.36. The number of nitrogens with zero attached hydrogens (tertiary/aromatic N) is 2. The first-order valence-electron chi connectivity index (χ1n) is 6.00. The van der Waals surface area contributed by atoms with Gasteiger partial charge >= 0.3 is 0 Å². The van der Waals surface area contributed by atoms with Crippen LogP contribution in [0.15, 0.2) is 16.7 Å². The summed E-state index contributed by atoms with van der Waals surface area (Å²) >= 11 is 9.45. The number of rotatable bonds is 3. The minimum atomic E-state index is 0.0760. The summed E-state index contributed by atoms with van der Waals surface area (Å²) in [4.78, 5) is 18.1. The molecular weight excluding hydrogens is 318 g/mol. The molecule has 2 aliphatic rings. The highest BCUT2D eigenvalue weighted by Crippen LogP contribution is 2.31. The maximum atomic E-state index is 11.8. The van der Waals surface area contributed by atoms with Crippen molar-refractivity contribution < 1.29 is 4.79 Å². The van der Waals surface area contributed by atoms with E-state index in [4.69, 9.17) is 11.6 Å². The van der Waals surface area contributed by atoms with Gasteiger partial charge in [-0.05, 0) is 34.8 Å². The standard InChI is InChI=1S/C12H13BrClN3O/c13-8-3-10(14)11(15-4-8)17-5-7(6-17)12(18)16-9-1-2-9/h3-4,7,9H,1-2,5-6H2,(H,16,18). The maximum Gasteiger partial charge on any atom is 0.226 e. The van der Waals surface area contributed by atoms with Gasteiger partial charge in [-0.2, -0.15) is 0 Å². The lowest BCUT2D eigenvalue weighted by Gasteiger charge is -2.39. The number of amides is 1. The summed E-state index contributed by atoms with van der Waals surface area (Å²) in [6, 6.07) is 2.25. The Hall–Kier alpha value is -0.810. The van der Waals surface area contributed by atoms with E-state index >= 15 is 0 Å². The van der Waals surface area contributed by atoms with Crippen LogP contribution in [0, 0.1) is 5.92 Å². The van der Waals surface area contributed by atoms with Crippen molar-refractivity contribution in [3.63, 3.8) is 0 Å². The fourth-order valence-corrected chi connectivity index (χ4v) is 2.75. The summed E-state index contributed by atoms with van der Waals surface area (Å²) in [7, 11) is 0. The van der Waals surface area contributed by atoms with E-state index in [2.05, 4.69) is 26.2 Å². The zero-order chi connectivity index (χ0) is 12.7. The van der Waals surface area contributed by atoms with Crippen molar-refractivity contribution in [3.05, 3.63) is 21.8 Å². The molecule has 18 heavy (non-hydrogen) atoms. The molecule has 1 saturated heterocycles. The summed E-state index contributed by atoms with van der Waals surface area (Å²) in [5, 5.41) is 3.64. The van der Waals surface area contributed by atoms with E-state index in [0.29, 0.717) is 24.2 Å². The van der Waals surface area contributed by atoms with Gasteiger partial charge in [0.15, 0.2) is 0 Å². The largest absolute Gasteiger partial charge is 0.354 e. The quantitative estimate of drug-likeness (QED) is 0.924. The Morgan fingerprint density at radius 3 is 2.83 bits per heavy atom. The molecule has 1 amide bonds. The smallest absolute Gasteiger partial charge is 0.226 e. The molecule has 0 spiro atoms. The summed E-state index contributed by atoms with van der Waals surface area (Å²) in [5.41, 5.74) is 0. The van der Waals surface area contributed by atoms with Crippen LogP contribution in [0.2, 0.25) is 5.02 Å². The van der Waals surface area contributed by atoms with Crippen molar-refractivity contribution in [2.75, 3.05) is 18.0 Å². The second-order valence-corrected chi connectivity index (χ2v) is 6.17. The molecule has 0 atom stereocenters. The summed E-state index contributed by atoms with van der Waals surface area (Å²) in [5.74, 6) is 1.00. The van der Waals surface area contributed by atoms with E-state index in [-0.39, 0.29) is 11.8 Å². The number of halogens is 2. The van der Waals surface area contributed by atoms with E-state index < -0.39 is 0 Å². The molecule has 3 rings (SSSR count). The fraction of sp³-hybridized carbons (Fsp3) is 0.500. The second-order valence-electron chi connectivity index (χ2n) is 4.84. The number of carbonyl (C=O) groups is 1. The molecule has 1 saturated carbocycles. The number of hydrogen-bond acceptors (Lipinski definition) is 3. The topological polar surface area (TPSA) is 45.2 Å². The summed E-state index contributed by atoms with van der Waals surface area (Å²) < 4.78 is 0.861. The molecule has 2 heterocycles. The lowest BCUT2D eigenvalue weighted by atomic mass is 9.99. The predicted octanol–water partition coefficient (Wildman–Crippen LogP) is 2.21. The van der Waals surface area contributed by atoms with Crippen molar-refractivity contribution in [3.8, 4) is 0 Å². The van der Waals surface area contributed by atoms with Crippen LogP contribution in [0.1, 0.15) is 12.8 Å². The van der Waals surface area contributed by atoms with Gasteiger partial charge in [-0.1, -0.05) is 11.6 Å². The van der Waals surface area contributed by atoms with Gasteiger partial charge in [-0.3, -0.25) is 4.79 Å². The summed E-state index contributed by atoms with van der Waals surface area (Å²) in [6.07, 6.45) is 3.98.